The van der Waals surface area contributed by atoms with E-state index in [0.717, 1.165) is 6.54 Å². The van der Waals surface area contributed by atoms with Gasteiger partial charge in [-0.25, -0.2) is 15.0 Å². The van der Waals surface area contributed by atoms with Crippen molar-refractivity contribution in [3.8, 4) is 0 Å². The molecule has 0 saturated heterocycles. The third kappa shape index (κ3) is 3.24. The minimum Gasteiger partial charge on any atom is -0.369 e. The summed E-state index contributed by atoms with van der Waals surface area (Å²) >= 11 is 0. The number of nitrogens with one attached hydrogen (secondary N) is 3. The minimum atomic E-state index is -0.306. The summed E-state index contributed by atoms with van der Waals surface area (Å²) < 4.78 is 0. The zero-order valence-corrected chi connectivity index (χ0v) is 10.7. The number of anilines is 1. The van der Waals surface area contributed by atoms with E-state index in [0.29, 0.717) is 11.6 Å². The molecule has 8 nitrogen and oxygen atoms in total. The monoisotopic (exact) mass is 261 g/mol. The molecule has 0 spiro atoms. The van der Waals surface area contributed by atoms with E-state index in [1.165, 1.54) is 18.7 Å². The van der Waals surface area contributed by atoms with E-state index in [2.05, 4.69) is 35.8 Å². The molecule has 0 aliphatic carbocycles. The molecule has 2 heterocycles. The highest BCUT2D eigenvalue weighted by molar-refractivity contribution is 5.92. The van der Waals surface area contributed by atoms with E-state index in [4.69, 9.17) is 0 Å². The Kier molecular flexibility index (Phi) is 4.01. The molecule has 2 aromatic rings. The van der Waals surface area contributed by atoms with Gasteiger partial charge >= 0.3 is 0 Å². The number of carbonyl (C=O) groups is 1. The highest BCUT2D eigenvalue weighted by Gasteiger charge is 2.14. The van der Waals surface area contributed by atoms with Crippen molar-refractivity contribution in [2.45, 2.75) is 19.9 Å². The molecular formula is C11H15N7O. The molecule has 0 radical (unpaired) electrons. The molecule has 19 heavy (non-hydrogen) atoms. The number of aromatic nitrogens is 5. The number of nitrogens with zero attached hydrogens (tertiary/aromatic N) is 4. The fraction of sp³-hybridized carbons (Fsp3) is 0.364. The van der Waals surface area contributed by atoms with Gasteiger partial charge in [-0.2, -0.15) is 5.10 Å². The lowest BCUT2D eigenvalue weighted by molar-refractivity contribution is 0.0933. The van der Waals surface area contributed by atoms with Gasteiger partial charge in [-0.1, -0.05) is 0 Å². The average Bonchev–Trinajstić information content (AvgIpc) is 2.94. The van der Waals surface area contributed by atoms with Crippen LogP contribution in [0.2, 0.25) is 0 Å². The predicted octanol–water partition coefficient (Wildman–Crippen LogP) is 0.517. The summed E-state index contributed by atoms with van der Waals surface area (Å²) in [5, 5.41) is 12.2. The number of carbonyl (C=O) groups excluding carboxylic acids is 1. The second-order valence-corrected chi connectivity index (χ2v) is 3.88. The average molecular weight is 261 g/mol. The van der Waals surface area contributed by atoms with Crippen LogP contribution in [0.1, 0.15) is 36.2 Å². The maximum absolute atomic E-state index is 11.9. The summed E-state index contributed by atoms with van der Waals surface area (Å²) in [7, 11) is 0. The Labute approximate surface area is 110 Å². The largest absolute Gasteiger partial charge is 0.369 e. The fourth-order valence-electron chi connectivity index (χ4n) is 1.48. The van der Waals surface area contributed by atoms with E-state index < -0.39 is 0 Å². The second kappa shape index (κ2) is 5.89. The van der Waals surface area contributed by atoms with Gasteiger partial charge in [-0.05, 0) is 13.8 Å². The highest BCUT2D eigenvalue weighted by atomic mass is 16.1. The van der Waals surface area contributed by atoms with Crippen LogP contribution < -0.4 is 10.6 Å². The van der Waals surface area contributed by atoms with Crippen LogP contribution in [0.3, 0.4) is 0 Å². The first-order chi connectivity index (χ1) is 9.20. The van der Waals surface area contributed by atoms with Gasteiger partial charge in [-0.15, -0.1) is 0 Å². The van der Waals surface area contributed by atoms with E-state index >= 15 is 0 Å². The third-order valence-corrected chi connectivity index (χ3v) is 2.43. The molecule has 1 atom stereocenters. The Hall–Kier alpha value is -2.51. The first-order valence-corrected chi connectivity index (χ1v) is 5.92. The zero-order valence-electron chi connectivity index (χ0n) is 10.7. The Morgan fingerprint density at radius 1 is 1.37 bits per heavy atom. The van der Waals surface area contributed by atoms with E-state index in [1.54, 1.807) is 6.92 Å². The van der Waals surface area contributed by atoms with Gasteiger partial charge in [-0.3, -0.25) is 9.89 Å². The van der Waals surface area contributed by atoms with Crippen LogP contribution in [0.15, 0.2) is 18.7 Å². The molecule has 0 bridgehead atoms. The maximum atomic E-state index is 11.9. The summed E-state index contributed by atoms with van der Waals surface area (Å²) in [4.78, 5) is 24.0. The Morgan fingerprint density at radius 3 is 2.79 bits per heavy atom. The van der Waals surface area contributed by atoms with Crippen molar-refractivity contribution >= 4 is 11.7 Å². The molecule has 1 amide bonds. The Bertz CT molecular complexity index is 522. The molecule has 2 rings (SSSR count). The summed E-state index contributed by atoms with van der Waals surface area (Å²) in [5.74, 6) is 0.923. The quantitative estimate of drug-likeness (QED) is 0.724. The summed E-state index contributed by atoms with van der Waals surface area (Å²) in [6, 6.07) is -0.273. The Balaban J connectivity index is 1.99. The zero-order chi connectivity index (χ0) is 13.7. The molecule has 2 aromatic heterocycles. The van der Waals surface area contributed by atoms with Crippen LogP contribution in [-0.4, -0.2) is 37.6 Å². The van der Waals surface area contributed by atoms with Crippen LogP contribution in [0.25, 0.3) is 0 Å². The van der Waals surface area contributed by atoms with E-state index in [1.807, 2.05) is 6.92 Å². The van der Waals surface area contributed by atoms with E-state index in [9.17, 15) is 4.79 Å². The van der Waals surface area contributed by atoms with Gasteiger partial charge in [0.2, 0.25) is 0 Å². The van der Waals surface area contributed by atoms with Crippen LogP contribution >= 0.6 is 0 Å². The molecule has 0 saturated carbocycles. The third-order valence-electron chi connectivity index (χ3n) is 2.43. The number of amides is 1. The van der Waals surface area contributed by atoms with Gasteiger partial charge in [0.15, 0.2) is 0 Å². The van der Waals surface area contributed by atoms with E-state index in [-0.39, 0.29) is 17.6 Å². The van der Waals surface area contributed by atoms with Gasteiger partial charge in [0.05, 0.1) is 18.4 Å². The molecule has 3 N–H and O–H groups in total. The SMILES string of the molecule is CCNc1cnc(C(=O)NC(C)c2ncn[nH]2)cn1. The first-order valence-electron chi connectivity index (χ1n) is 5.92. The number of hydrogen-bond donors (Lipinski definition) is 3. The summed E-state index contributed by atoms with van der Waals surface area (Å²) in [6.45, 7) is 4.52. The lowest BCUT2D eigenvalue weighted by Crippen LogP contribution is -2.28. The summed E-state index contributed by atoms with van der Waals surface area (Å²) in [6.07, 6.45) is 4.35. The van der Waals surface area contributed by atoms with Gasteiger partial charge in [0.25, 0.3) is 5.91 Å². The molecule has 1 unspecified atom stereocenters. The van der Waals surface area contributed by atoms with Crippen LogP contribution in [0.5, 0.6) is 0 Å². The smallest absolute Gasteiger partial charge is 0.272 e. The normalized spacial score (nSPS) is 11.9. The fourth-order valence-corrected chi connectivity index (χ4v) is 1.48. The molecule has 0 fully saturated rings. The minimum absolute atomic E-state index is 0.257. The number of aromatic amines is 1. The van der Waals surface area contributed by atoms with Crippen molar-refractivity contribution in [3.05, 3.63) is 30.2 Å². The van der Waals surface area contributed by atoms with Crippen LogP contribution in [0, 0.1) is 0 Å². The summed E-state index contributed by atoms with van der Waals surface area (Å²) in [5.41, 5.74) is 0.257. The molecule has 0 aliphatic rings. The topological polar surface area (TPSA) is 108 Å². The Morgan fingerprint density at radius 2 is 2.21 bits per heavy atom. The van der Waals surface area contributed by atoms with Crippen LogP contribution in [0.4, 0.5) is 5.82 Å². The standard InChI is InChI=1S/C11H15N7O/c1-3-12-9-5-13-8(4-14-9)11(19)17-7(2)10-15-6-16-18-10/h4-7H,3H2,1-2H3,(H,12,14)(H,17,19)(H,15,16,18). The van der Waals surface area contributed by atoms with Gasteiger partial charge in [0, 0.05) is 6.54 Å². The first kappa shape index (κ1) is 12.9. The van der Waals surface area contributed by atoms with Crippen molar-refractivity contribution in [3.63, 3.8) is 0 Å². The van der Waals surface area contributed by atoms with Crippen molar-refractivity contribution in [2.24, 2.45) is 0 Å². The highest BCUT2D eigenvalue weighted by Crippen LogP contribution is 2.06. The molecular weight excluding hydrogens is 246 g/mol. The van der Waals surface area contributed by atoms with Gasteiger partial charge < -0.3 is 10.6 Å². The molecule has 8 heteroatoms. The number of rotatable bonds is 5. The maximum Gasteiger partial charge on any atom is 0.272 e. The van der Waals surface area contributed by atoms with Crippen LogP contribution in [-0.2, 0) is 0 Å². The van der Waals surface area contributed by atoms with Crippen molar-refractivity contribution in [1.82, 2.24) is 30.5 Å². The number of hydrogen-bond acceptors (Lipinski definition) is 6. The van der Waals surface area contributed by atoms with Crippen molar-refractivity contribution in [2.75, 3.05) is 11.9 Å². The molecule has 0 aliphatic heterocycles. The number of H-pyrrole nitrogens is 1. The lowest BCUT2D eigenvalue weighted by atomic mass is 10.3. The molecule has 100 valence electrons. The van der Waals surface area contributed by atoms with Crippen molar-refractivity contribution in [1.29, 1.82) is 0 Å². The van der Waals surface area contributed by atoms with Gasteiger partial charge in [0.1, 0.15) is 23.7 Å². The predicted molar refractivity (Wildman–Crippen MR) is 68.5 cm³/mol. The second-order valence-electron chi connectivity index (χ2n) is 3.88. The molecule has 0 aromatic carbocycles. The lowest BCUT2D eigenvalue weighted by Gasteiger charge is -2.10. The van der Waals surface area contributed by atoms with Crippen molar-refractivity contribution < 1.29 is 4.79 Å².